The average Bonchev–Trinajstić information content (AvgIpc) is 2.14. The molecule has 3 heteroatoms. The standard InChI is InChI=1S/C11H14O2S/c1-3-4-5-10-8-9(2)6-7-11(10)14(12)13/h3,6-8,14H,1,4-5H2,2H3. The highest BCUT2D eigenvalue weighted by Crippen LogP contribution is 2.15. The van der Waals surface area contributed by atoms with Gasteiger partial charge >= 0.3 is 0 Å². The van der Waals surface area contributed by atoms with Gasteiger partial charge in [0.1, 0.15) is 0 Å². The maximum Gasteiger partial charge on any atom is 0.168 e. The molecule has 2 nitrogen and oxygen atoms in total. The molecule has 76 valence electrons. The van der Waals surface area contributed by atoms with Gasteiger partial charge in [-0.05, 0) is 31.4 Å². The molecule has 1 rings (SSSR count). The third-order valence-electron chi connectivity index (χ3n) is 2.05. The third kappa shape index (κ3) is 2.70. The van der Waals surface area contributed by atoms with Crippen molar-refractivity contribution >= 4 is 10.7 Å². The van der Waals surface area contributed by atoms with Crippen LogP contribution in [0.15, 0.2) is 35.7 Å². The molecule has 1 aromatic rings. The fraction of sp³-hybridized carbons (Fsp3) is 0.273. The third-order valence-corrected chi connectivity index (χ3v) is 2.88. The predicted molar refractivity (Wildman–Crippen MR) is 58.3 cm³/mol. The average molecular weight is 210 g/mol. The number of rotatable bonds is 4. The summed E-state index contributed by atoms with van der Waals surface area (Å²) in [5.41, 5.74) is 1.98. The van der Waals surface area contributed by atoms with Gasteiger partial charge in [0.2, 0.25) is 0 Å². The highest BCUT2D eigenvalue weighted by molar-refractivity contribution is 7.72. The highest BCUT2D eigenvalue weighted by atomic mass is 32.2. The molecule has 0 radical (unpaired) electrons. The Bertz CT molecular complexity index is 398. The first kappa shape index (κ1) is 11.0. The number of benzene rings is 1. The minimum Gasteiger partial charge on any atom is -0.227 e. The van der Waals surface area contributed by atoms with Crippen molar-refractivity contribution in [3.8, 4) is 0 Å². The lowest BCUT2D eigenvalue weighted by Crippen LogP contribution is -1.93. The van der Waals surface area contributed by atoms with E-state index in [9.17, 15) is 8.42 Å². The number of allylic oxidation sites excluding steroid dienone is 1. The largest absolute Gasteiger partial charge is 0.227 e. The topological polar surface area (TPSA) is 34.1 Å². The fourth-order valence-electron chi connectivity index (χ4n) is 1.35. The van der Waals surface area contributed by atoms with Crippen molar-refractivity contribution in [2.45, 2.75) is 24.7 Å². The van der Waals surface area contributed by atoms with Crippen LogP contribution >= 0.6 is 0 Å². The van der Waals surface area contributed by atoms with Crippen LogP contribution in [0.3, 0.4) is 0 Å². The minimum atomic E-state index is -2.48. The van der Waals surface area contributed by atoms with E-state index in [-0.39, 0.29) is 0 Å². The van der Waals surface area contributed by atoms with Gasteiger partial charge in [-0.15, -0.1) is 6.58 Å². The summed E-state index contributed by atoms with van der Waals surface area (Å²) in [6.45, 7) is 5.58. The van der Waals surface area contributed by atoms with Crippen LogP contribution in [0.4, 0.5) is 0 Å². The molecule has 0 bridgehead atoms. The highest BCUT2D eigenvalue weighted by Gasteiger charge is 2.03. The Morgan fingerprint density at radius 2 is 2.14 bits per heavy atom. The first-order chi connectivity index (χ1) is 6.65. The van der Waals surface area contributed by atoms with Crippen LogP contribution in [0, 0.1) is 6.92 Å². The molecule has 14 heavy (non-hydrogen) atoms. The number of hydrogen-bond acceptors (Lipinski definition) is 2. The number of thiol groups is 1. The Morgan fingerprint density at radius 3 is 2.71 bits per heavy atom. The first-order valence-electron chi connectivity index (χ1n) is 4.50. The smallest absolute Gasteiger partial charge is 0.168 e. The van der Waals surface area contributed by atoms with Crippen LogP contribution in [-0.2, 0) is 17.1 Å². The molecule has 0 heterocycles. The van der Waals surface area contributed by atoms with Gasteiger partial charge in [-0.2, -0.15) is 0 Å². The van der Waals surface area contributed by atoms with Crippen molar-refractivity contribution in [1.82, 2.24) is 0 Å². The lowest BCUT2D eigenvalue weighted by atomic mass is 10.1. The fourth-order valence-corrected chi connectivity index (χ4v) is 1.96. The maximum atomic E-state index is 10.9. The lowest BCUT2D eigenvalue weighted by molar-refractivity contribution is 0.613. The van der Waals surface area contributed by atoms with E-state index in [0.29, 0.717) is 4.90 Å². The Labute approximate surface area is 86.2 Å². The Hall–Kier alpha value is -1.09. The molecular formula is C11H14O2S. The van der Waals surface area contributed by atoms with Gasteiger partial charge in [0.05, 0.1) is 4.90 Å². The zero-order valence-electron chi connectivity index (χ0n) is 8.19. The summed E-state index contributed by atoms with van der Waals surface area (Å²) >= 11 is 0. The summed E-state index contributed by atoms with van der Waals surface area (Å²) in [7, 11) is -2.48. The lowest BCUT2D eigenvalue weighted by Gasteiger charge is -2.03. The molecule has 0 saturated heterocycles. The summed E-state index contributed by atoms with van der Waals surface area (Å²) in [5, 5.41) is 0. The van der Waals surface area contributed by atoms with Crippen LogP contribution in [-0.4, -0.2) is 8.42 Å². The van der Waals surface area contributed by atoms with Gasteiger partial charge < -0.3 is 0 Å². The summed E-state index contributed by atoms with van der Waals surface area (Å²) in [4.78, 5) is 0.437. The molecule has 0 atom stereocenters. The van der Waals surface area contributed by atoms with Crippen molar-refractivity contribution in [1.29, 1.82) is 0 Å². The van der Waals surface area contributed by atoms with Crippen molar-refractivity contribution in [3.63, 3.8) is 0 Å². The molecule has 0 aliphatic carbocycles. The van der Waals surface area contributed by atoms with Crippen LogP contribution in [0.2, 0.25) is 0 Å². The second-order valence-electron chi connectivity index (χ2n) is 3.22. The Morgan fingerprint density at radius 1 is 1.43 bits per heavy atom. The first-order valence-corrected chi connectivity index (χ1v) is 5.67. The molecule has 0 spiro atoms. The van der Waals surface area contributed by atoms with Gasteiger partial charge in [0.15, 0.2) is 10.7 Å². The summed E-state index contributed by atoms with van der Waals surface area (Å²) < 4.78 is 21.8. The van der Waals surface area contributed by atoms with E-state index < -0.39 is 10.7 Å². The van der Waals surface area contributed by atoms with E-state index in [1.165, 1.54) is 0 Å². The van der Waals surface area contributed by atoms with Crippen molar-refractivity contribution in [2.75, 3.05) is 0 Å². The SMILES string of the molecule is C=CCCc1cc(C)ccc1[SH](=O)=O. The summed E-state index contributed by atoms with van der Waals surface area (Å²) in [5.74, 6) is 0. The van der Waals surface area contributed by atoms with E-state index in [1.807, 2.05) is 19.1 Å². The monoisotopic (exact) mass is 210 g/mol. The van der Waals surface area contributed by atoms with Crippen molar-refractivity contribution < 1.29 is 8.42 Å². The molecule has 1 aromatic carbocycles. The number of hydrogen-bond donors (Lipinski definition) is 1. The zero-order valence-corrected chi connectivity index (χ0v) is 9.09. The number of aryl methyl sites for hydroxylation is 2. The minimum absolute atomic E-state index is 0.437. The van der Waals surface area contributed by atoms with E-state index in [4.69, 9.17) is 0 Å². The Balaban J connectivity index is 3.08. The summed E-state index contributed by atoms with van der Waals surface area (Å²) in [6.07, 6.45) is 3.34. The van der Waals surface area contributed by atoms with E-state index in [2.05, 4.69) is 6.58 Å². The molecule has 0 fully saturated rings. The summed E-state index contributed by atoms with van der Waals surface area (Å²) in [6, 6.07) is 5.40. The molecule has 0 aliphatic rings. The van der Waals surface area contributed by atoms with Gasteiger partial charge in [-0.1, -0.05) is 23.8 Å². The van der Waals surface area contributed by atoms with Crippen molar-refractivity contribution in [3.05, 3.63) is 42.0 Å². The molecule has 0 amide bonds. The predicted octanol–water partition coefficient (Wildman–Crippen LogP) is 2.08. The van der Waals surface area contributed by atoms with Crippen LogP contribution in [0.25, 0.3) is 0 Å². The quantitative estimate of drug-likeness (QED) is 0.610. The molecule has 0 aromatic heterocycles. The molecule has 0 unspecified atom stereocenters. The van der Waals surface area contributed by atoms with Gasteiger partial charge in [0, 0.05) is 0 Å². The molecule has 0 aliphatic heterocycles. The molecule has 0 saturated carbocycles. The van der Waals surface area contributed by atoms with E-state index in [0.717, 1.165) is 24.0 Å². The van der Waals surface area contributed by atoms with Gasteiger partial charge in [-0.3, -0.25) is 0 Å². The van der Waals surface area contributed by atoms with Crippen LogP contribution in [0.1, 0.15) is 17.5 Å². The molecular weight excluding hydrogens is 196 g/mol. The van der Waals surface area contributed by atoms with Gasteiger partial charge in [-0.25, -0.2) is 8.42 Å². The van der Waals surface area contributed by atoms with E-state index >= 15 is 0 Å². The van der Waals surface area contributed by atoms with Crippen molar-refractivity contribution in [2.24, 2.45) is 0 Å². The normalized spacial score (nSPS) is 10.4. The second kappa shape index (κ2) is 4.96. The van der Waals surface area contributed by atoms with Crippen LogP contribution < -0.4 is 0 Å². The maximum absolute atomic E-state index is 10.9. The Kier molecular flexibility index (Phi) is 3.89. The zero-order chi connectivity index (χ0) is 10.6. The molecule has 0 N–H and O–H groups in total. The second-order valence-corrected chi connectivity index (χ2v) is 4.21. The van der Waals surface area contributed by atoms with E-state index in [1.54, 1.807) is 12.1 Å². The van der Waals surface area contributed by atoms with Gasteiger partial charge in [0.25, 0.3) is 0 Å². The van der Waals surface area contributed by atoms with Crippen LogP contribution in [0.5, 0.6) is 0 Å².